The van der Waals surface area contributed by atoms with Crippen molar-refractivity contribution in [3.8, 4) is 0 Å². The first-order valence-electron chi connectivity index (χ1n) is 8.86. The molecule has 2 unspecified atom stereocenters. The minimum absolute atomic E-state index is 0.0989. The summed E-state index contributed by atoms with van der Waals surface area (Å²) in [5.74, 6) is 0.767. The highest BCUT2D eigenvalue weighted by molar-refractivity contribution is 8.01. The number of hydrogen-bond donors (Lipinski definition) is 1. The van der Waals surface area contributed by atoms with Crippen molar-refractivity contribution < 1.29 is 14.7 Å². The normalized spacial score (nSPS) is 24.8. The fourth-order valence-electron chi connectivity index (χ4n) is 3.69. The van der Waals surface area contributed by atoms with Gasteiger partial charge in [0.1, 0.15) is 0 Å². The maximum atomic E-state index is 12.2. The summed E-state index contributed by atoms with van der Waals surface area (Å²) in [5, 5.41) is 10.5. The van der Waals surface area contributed by atoms with Crippen LogP contribution in [0.2, 0.25) is 0 Å². The summed E-state index contributed by atoms with van der Waals surface area (Å²) in [7, 11) is 0. The van der Waals surface area contributed by atoms with E-state index < -0.39 is 5.97 Å². The molecule has 0 spiro atoms. The molecule has 2 aliphatic rings. The van der Waals surface area contributed by atoms with Crippen molar-refractivity contribution in [1.29, 1.82) is 0 Å². The SMILES string of the molecule is CC1CCCN(CC2CCC(=O)N2CCSc2nc(C(=O)O)cs2)C1. The van der Waals surface area contributed by atoms with Gasteiger partial charge in [0.2, 0.25) is 5.91 Å². The average molecular weight is 384 g/mol. The highest BCUT2D eigenvalue weighted by atomic mass is 32.2. The van der Waals surface area contributed by atoms with E-state index in [0.717, 1.165) is 42.1 Å². The molecule has 138 valence electrons. The number of aromatic nitrogens is 1. The molecule has 2 aliphatic heterocycles. The van der Waals surface area contributed by atoms with E-state index in [1.165, 1.54) is 35.9 Å². The summed E-state index contributed by atoms with van der Waals surface area (Å²) in [4.78, 5) is 31.7. The third-order valence-electron chi connectivity index (χ3n) is 4.92. The minimum Gasteiger partial charge on any atom is -0.476 e. The number of hydrogen-bond acceptors (Lipinski definition) is 6. The van der Waals surface area contributed by atoms with Gasteiger partial charge in [-0.3, -0.25) is 4.79 Å². The Balaban J connectivity index is 1.48. The lowest BCUT2D eigenvalue weighted by Crippen LogP contribution is -2.45. The number of likely N-dealkylation sites (tertiary alicyclic amines) is 2. The van der Waals surface area contributed by atoms with Gasteiger partial charge < -0.3 is 14.9 Å². The van der Waals surface area contributed by atoms with Crippen molar-refractivity contribution >= 4 is 35.0 Å². The van der Waals surface area contributed by atoms with E-state index in [4.69, 9.17) is 5.11 Å². The van der Waals surface area contributed by atoms with Crippen molar-refractivity contribution in [2.45, 2.75) is 43.0 Å². The molecule has 1 amide bonds. The van der Waals surface area contributed by atoms with Crippen LogP contribution in [0.1, 0.15) is 43.1 Å². The smallest absolute Gasteiger partial charge is 0.355 e. The second kappa shape index (κ2) is 8.51. The van der Waals surface area contributed by atoms with Crippen LogP contribution in [0.3, 0.4) is 0 Å². The number of piperidine rings is 1. The number of carboxylic acids is 1. The second-order valence-electron chi connectivity index (χ2n) is 6.94. The second-order valence-corrected chi connectivity index (χ2v) is 9.14. The number of nitrogens with zero attached hydrogens (tertiary/aromatic N) is 3. The quantitative estimate of drug-likeness (QED) is 0.730. The molecule has 0 bridgehead atoms. The largest absolute Gasteiger partial charge is 0.476 e. The fourth-order valence-corrected chi connectivity index (χ4v) is 5.50. The maximum absolute atomic E-state index is 12.2. The summed E-state index contributed by atoms with van der Waals surface area (Å²) < 4.78 is 0.755. The third kappa shape index (κ3) is 4.95. The van der Waals surface area contributed by atoms with E-state index in [-0.39, 0.29) is 11.6 Å². The molecular formula is C17H25N3O3S2. The Hall–Kier alpha value is -1.12. The van der Waals surface area contributed by atoms with E-state index in [1.807, 2.05) is 4.90 Å². The molecule has 2 saturated heterocycles. The summed E-state index contributed by atoms with van der Waals surface area (Å²) in [5.41, 5.74) is 0.0989. The molecule has 0 saturated carbocycles. The maximum Gasteiger partial charge on any atom is 0.355 e. The number of rotatable bonds is 7. The topological polar surface area (TPSA) is 73.7 Å². The summed E-state index contributed by atoms with van der Waals surface area (Å²) >= 11 is 2.88. The van der Waals surface area contributed by atoms with Gasteiger partial charge in [0.05, 0.1) is 0 Å². The van der Waals surface area contributed by atoms with E-state index in [1.54, 1.807) is 5.38 Å². The van der Waals surface area contributed by atoms with Gasteiger partial charge in [-0.15, -0.1) is 11.3 Å². The monoisotopic (exact) mass is 383 g/mol. The van der Waals surface area contributed by atoms with Crippen molar-refractivity contribution in [3.63, 3.8) is 0 Å². The first kappa shape index (κ1) is 18.7. The lowest BCUT2D eigenvalue weighted by molar-refractivity contribution is -0.128. The summed E-state index contributed by atoms with van der Waals surface area (Å²) in [6, 6.07) is 0.323. The van der Waals surface area contributed by atoms with E-state index in [2.05, 4.69) is 16.8 Å². The van der Waals surface area contributed by atoms with Crippen molar-refractivity contribution in [1.82, 2.24) is 14.8 Å². The molecule has 2 atom stereocenters. The minimum atomic E-state index is -0.992. The number of thioether (sulfide) groups is 1. The van der Waals surface area contributed by atoms with Crippen LogP contribution in [-0.4, -0.2) is 69.7 Å². The Kier molecular flexibility index (Phi) is 6.35. The first-order chi connectivity index (χ1) is 12.0. The molecule has 3 rings (SSSR count). The zero-order valence-corrected chi connectivity index (χ0v) is 16.2. The van der Waals surface area contributed by atoms with Crippen LogP contribution in [-0.2, 0) is 4.79 Å². The van der Waals surface area contributed by atoms with Gasteiger partial charge in [-0.2, -0.15) is 0 Å². The molecule has 0 aromatic carbocycles. The molecule has 0 aliphatic carbocycles. The number of carbonyl (C=O) groups is 2. The fraction of sp³-hybridized carbons (Fsp3) is 0.706. The van der Waals surface area contributed by atoms with Crippen molar-refractivity contribution in [2.75, 3.05) is 31.9 Å². The van der Waals surface area contributed by atoms with Gasteiger partial charge in [0.15, 0.2) is 10.0 Å². The van der Waals surface area contributed by atoms with Crippen LogP contribution in [0.15, 0.2) is 9.72 Å². The highest BCUT2D eigenvalue weighted by Crippen LogP contribution is 2.26. The molecule has 3 heterocycles. The zero-order chi connectivity index (χ0) is 17.8. The van der Waals surface area contributed by atoms with Crippen molar-refractivity contribution in [3.05, 3.63) is 11.1 Å². The molecule has 0 radical (unpaired) electrons. The molecule has 25 heavy (non-hydrogen) atoms. The van der Waals surface area contributed by atoms with Crippen LogP contribution in [0.4, 0.5) is 0 Å². The summed E-state index contributed by atoms with van der Waals surface area (Å²) in [6.07, 6.45) is 4.17. The predicted molar refractivity (Wildman–Crippen MR) is 99.4 cm³/mol. The standard InChI is InChI=1S/C17H25N3O3S2/c1-12-3-2-6-19(9-12)10-13-4-5-15(21)20(13)7-8-24-17-18-14(11-25-17)16(22)23/h11-13H,2-10H2,1H3,(H,22,23). The first-order valence-corrected chi connectivity index (χ1v) is 10.7. The molecule has 1 aromatic heterocycles. The Morgan fingerprint density at radius 2 is 2.32 bits per heavy atom. The van der Waals surface area contributed by atoms with Crippen LogP contribution in [0.25, 0.3) is 0 Å². The van der Waals surface area contributed by atoms with E-state index >= 15 is 0 Å². The van der Waals surface area contributed by atoms with Crippen LogP contribution >= 0.6 is 23.1 Å². The lowest BCUT2D eigenvalue weighted by atomic mass is 9.99. The number of aromatic carboxylic acids is 1. The molecule has 8 heteroatoms. The number of carboxylic acid groups (broad SMARTS) is 1. The average Bonchev–Trinajstić information content (AvgIpc) is 3.17. The van der Waals surface area contributed by atoms with E-state index in [0.29, 0.717) is 19.0 Å². The third-order valence-corrected chi connectivity index (χ3v) is 6.92. The zero-order valence-electron chi connectivity index (χ0n) is 14.5. The van der Waals surface area contributed by atoms with Crippen LogP contribution in [0.5, 0.6) is 0 Å². The lowest BCUT2D eigenvalue weighted by Gasteiger charge is -2.35. The van der Waals surface area contributed by atoms with Gasteiger partial charge in [-0.25, -0.2) is 9.78 Å². The Labute approximate surface area is 156 Å². The van der Waals surface area contributed by atoms with Crippen molar-refractivity contribution in [2.24, 2.45) is 5.92 Å². The van der Waals surface area contributed by atoms with Crippen LogP contribution < -0.4 is 0 Å². The van der Waals surface area contributed by atoms with E-state index in [9.17, 15) is 9.59 Å². The molecule has 2 fully saturated rings. The molecule has 1 aromatic rings. The Morgan fingerprint density at radius 3 is 3.04 bits per heavy atom. The number of amides is 1. The Morgan fingerprint density at radius 1 is 1.48 bits per heavy atom. The van der Waals surface area contributed by atoms with Gasteiger partial charge in [0.25, 0.3) is 0 Å². The molecule has 6 nitrogen and oxygen atoms in total. The number of carbonyl (C=O) groups excluding carboxylic acids is 1. The van der Waals surface area contributed by atoms with Gasteiger partial charge in [-0.05, 0) is 31.7 Å². The number of thiazole rings is 1. The van der Waals surface area contributed by atoms with Gasteiger partial charge in [-0.1, -0.05) is 18.7 Å². The summed E-state index contributed by atoms with van der Waals surface area (Å²) in [6.45, 7) is 6.29. The van der Waals surface area contributed by atoms with Crippen LogP contribution in [0, 0.1) is 5.92 Å². The van der Waals surface area contributed by atoms with Gasteiger partial charge >= 0.3 is 5.97 Å². The predicted octanol–water partition coefficient (Wildman–Crippen LogP) is 2.66. The Bertz CT molecular complexity index is 622. The van der Waals surface area contributed by atoms with Gasteiger partial charge in [0, 0.05) is 43.2 Å². The highest BCUT2D eigenvalue weighted by Gasteiger charge is 2.32. The molecule has 1 N–H and O–H groups in total. The molecular weight excluding hydrogens is 358 g/mol.